The number of carbonyl (C=O) groups excluding carboxylic acids is 1. The van der Waals surface area contributed by atoms with E-state index in [0.29, 0.717) is 34.3 Å². The maximum atomic E-state index is 13.1. The van der Waals surface area contributed by atoms with Gasteiger partial charge in [-0.25, -0.2) is 0 Å². The molecule has 160 valence electrons. The van der Waals surface area contributed by atoms with Gasteiger partial charge in [-0.1, -0.05) is 30.3 Å². The number of hydrogen-bond acceptors (Lipinski definition) is 6. The number of nitrogens with zero attached hydrogens (tertiary/aromatic N) is 2. The molecule has 0 aliphatic rings. The minimum absolute atomic E-state index is 0.295. The fourth-order valence-corrected chi connectivity index (χ4v) is 4.44. The van der Waals surface area contributed by atoms with Crippen LogP contribution in [0.5, 0.6) is 0 Å². The van der Waals surface area contributed by atoms with Gasteiger partial charge in [0.25, 0.3) is 11.8 Å². The average Bonchev–Trinajstić information content (AvgIpc) is 3.53. The minimum Gasteiger partial charge on any atom is -0.451 e. The Bertz CT molecular complexity index is 1440. The van der Waals surface area contributed by atoms with Crippen molar-refractivity contribution in [3.8, 4) is 22.2 Å². The number of aryl methyl sites for hydroxylation is 3. The summed E-state index contributed by atoms with van der Waals surface area (Å²) in [4.78, 5) is 19.7. The minimum atomic E-state index is -0.321. The number of furan rings is 1. The van der Waals surface area contributed by atoms with Crippen LogP contribution in [0.15, 0.2) is 63.5 Å². The SMILES string of the molecule is CCc1ccc2oc(C(=O)Nc3ccccc3-c3nc(-c4ccc(C)s4)no3)c(C)c2c1. The lowest BCUT2D eigenvalue weighted by atomic mass is 10.1. The van der Waals surface area contributed by atoms with Gasteiger partial charge in [0.2, 0.25) is 5.82 Å². The first-order valence-electron chi connectivity index (χ1n) is 10.4. The van der Waals surface area contributed by atoms with E-state index in [0.717, 1.165) is 22.2 Å². The molecule has 1 amide bonds. The third-order valence-corrected chi connectivity index (χ3v) is 6.40. The van der Waals surface area contributed by atoms with Gasteiger partial charge in [-0.3, -0.25) is 4.79 Å². The van der Waals surface area contributed by atoms with Crippen LogP contribution in [0.2, 0.25) is 0 Å². The third-order valence-electron chi connectivity index (χ3n) is 5.41. The van der Waals surface area contributed by atoms with Gasteiger partial charge in [0.05, 0.1) is 16.1 Å². The van der Waals surface area contributed by atoms with Gasteiger partial charge in [0, 0.05) is 15.8 Å². The number of amides is 1. The normalized spacial score (nSPS) is 11.2. The van der Waals surface area contributed by atoms with E-state index in [1.165, 1.54) is 10.4 Å². The standard InChI is InChI=1S/C25H21N3O3S/c1-4-16-10-11-20-18(13-16)15(3)22(30-20)24(29)26-19-8-6-5-7-17(19)25-27-23(28-31-25)21-12-9-14(2)32-21/h5-13H,4H2,1-3H3,(H,26,29). The molecule has 6 nitrogen and oxygen atoms in total. The fraction of sp³-hybridized carbons (Fsp3) is 0.160. The Hall–Kier alpha value is -3.71. The third kappa shape index (κ3) is 3.61. The molecule has 0 aliphatic carbocycles. The highest BCUT2D eigenvalue weighted by Gasteiger charge is 2.21. The average molecular weight is 444 g/mol. The van der Waals surface area contributed by atoms with Crippen LogP contribution in [0.4, 0.5) is 5.69 Å². The number of rotatable bonds is 5. The van der Waals surface area contributed by atoms with Crippen molar-refractivity contribution in [2.24, 2.45) is 0 Å². The van der Waals surface area contributed by atoms with E-state index >= 15 is 0 Å². The van der Waals surface area contributed by atoms with E-state index in [4.69, 9.17) is 8.94 Å². The molecular formula is C25H21N3O3S. The van der Waals surface area contributed by atoms with Gasteiger partial charge < -0.3 is 14.3 Å². The molecule has 7 heteroatoms. The molecule has 32 heavy (non-hydrogen) atoms. The van der Waals surface area contributed by atoms with Crippen molar-refractivity contribution < 1.29 is 13.7 Å². The summed E-state index contributed by atoms with van der Waals surface area (Å²) in [5, 5.41) is 8.01. The Morgan fingerprint density at radius 2 is 1.94 bits per heavy atom. The highest BCUT2D eigenvalue weighted by atomic mass is 32.1. The number of fused-ring (bicyclic) bond motifs is 1. The van der Waals surface area contributed by atoms with Crippen LogP contribution >= 0.6 is 11.3 Å². The molecule has 0 radical (unpaired) electrons. The molecule has 2 aromatic carbocycles. The van der Waals surface area contributed by atoms with Crippen LogP contribution in [0.25, 0.3) is 33.1 Å². The maximum absolute atomic E-state index is 13.1. The topological polar surface area (TPSA) is 81.2 Å². The van der Waals surface area contributed by atoms with Crippen LogP contribution in [0.3, 0.4) is 0 Å². The van der Waals surface area contributed by atoms with Gasteiger partial charge in [0.1, 0.15) is 5.58 Å². The highest BCUT2D eigenvalue weighted by molar-refractivity contribution is 7.15. The quantitative estimate of drug-likeness (QED) is 0.329. The van der Waals surface area contributed by atoms with Crippen LogP contribution in [0, 0.1) is 13.8 Å². The molecule has 0 unspecified atom stereocenters. The van der Waals surface area contributed by atoms with Crippen molar-refractivity contribution in [3.63, 3.8) is 0 Å². The Labute approximate surface area is 188 Å². The first-order chi connectivity index (χ1) is 15.5. The first-order valence-corrected chi connectivity index (χ1v) is 11.2. The van der Waals surface area contributed by atoms with Gasteiger partial charge in [-0.05, 0) is 62.2 Å². The van der Waals surface area contributed by atoms with Crippen LogP contribution in [-0.4, -0.2) is 16.0 Å². The summed E-state index contributed by atoms with van der Waals surface area (Å²) in [5.74, 6) is 0.844. The van der Waals surface area contributed by atoms with Crippen molar-refractivity contribution >= 4 is 33.9 Å². The molecule has 0 aliphatic heterocycles. The summed E-state index contributed by atoms with van der Waals surface area (Å²) in [6, 6.07) is 17.3. The van der Waals surface area contributed by atoms with E-state index in [1.807, 2.05) is 56.3 Å². The maximum Gasteiger partial charge on any atom is 0.291 e. The summed E-state index contributed by atoms with van der Waals surface area (Å²) in [5.41, 5.74) is 3.94. The summed E-state index contributed by atoms with van der Waals surface area (Å²) < 4.78 is 11.4. The second-order valence-corrected chi connectivity index (χ2v) is 8.86. The van der Waals surface area contributed by atoms with Crippen LogP contribution in [0.1, 0.15) is 33.5 Å². The van der Waals surface area contributed by atoms with E-state index in [9.17, 15) is 4.79 Å². The molecule has 0 atom stereocenters. The molecule has 0 bridgehead atoms. The number of anilines is 1. The fourth-order valence-electron chi connectivity index (χ4n) is 3.65. The second-order valence-electron chi connectivity index (χ2n) is 7.57. The smallest absolute Gasteiger partial charge is 0.291 e. The highest BCUT2D eigenvalue weighted by Crippen LogP contribution is 2.32. The molecule has 0 saturated heterocycles. The van der Waals surface area contributed by atoms with Crippen molar-refractivity contribution in [1.82, 2.24) is 10.1 Å². The largest absolute Gasteiger partial charge is 0.451 e. The van der Waals surface area contributed by atoms with E-state index in [-0.39, 0.29) is 5.91 Å². The molecule has 1 N–H and O–H groups in total. The van der Waals surface area contributed by atoms with Crippen molar-refractivity contribution in [2.45, 2.75) is 27.2 Å². The van der Waals surface area contributed by atoms with Gasteiger partial charge in [-0.2, -0.15) is 4.98 Å². The molecule has 0 saturated carbocycles. The van der Waals surface area contributed by atoms with Crippen LogP contribution < -0.4 is 5.32 Å². The van der Waals surface area contributed by atoms with E-state index < -0.39 is 0 Å². The molecule has 5 aromatic rings. The lowest BCUT2D eigenvalue weighted by molar-refractivity contribution is 0.0998. The number of hydrogen-bond donors (Lipinski definition) is 1. The number of carbonyl (C=O) groups is 1. The summed E-state index contributed by atoms with van der Waals surface area (Å²) >= 11 is 1.60. The number of para-hydroxylation sites is 1. The molecule has 0 spiro atoms. The summed E-state index contributed by atoms with van der Waals surface area (Å²) in [6.07, 6.45) is 0.923. The van der Waals surface area contributed by atoms with E-state index in [1.54, 1.807) is 17.4 Å². The lowest BCUT2D eigenvalue weighted by Gasteiger charge is -2.07. The van der Waals surface area contributed by atoms with Gasteiger partial charge in [0.15, 0.2) is 5.76 Å². The second kappa shape index (κ2) is 8.09. The molecular weight excluding hydrogens is 422 g/mol. The van der Waals surface area contributed by atoms with Gasteiger partial charge in [-0.15, -0.1) is 11.3 Å². The Balaban J connectivity index is 1.46. The zero-order chi connectivity index (χ0) is 22.2. The van der Waals surface area contributed by atoms with E-state index in [2.05, 4.69) is 28.4 Å². The number of benzene rings is 2. The van der Waals surface area contributed by atoms with Gasteiger partial charge >= 0.3 is 0 Å². The van der Waals surface area contributed by atoms with Crippen molar-refractivity contribution in [1.29, 1.82) is 0 Å². The molecule has 0 fully saturated rings. The Morgan fingerprint density at radius 1 is 1.09 bits per heavy atom. The Kier molecular flexibility index (Phi) is 5.11. The molecule has 3 heterocycles. The Morgan fingerprint density at radius 3 is 2.72 bits per heavy atom. The predicted molar refractivity (Wildman–Crippen MR) is 126 cm³/mol. The van der Waals surface area contributed by atoms with Crippen LogP contribution in [-0.2, 0) is 6.42 Å². The first kappa shape index (κ1) is 20.2. The molecule has 5 rings (SSSR count). The van der Waals surface area contributed by atoms with Crippen molar-refractivity contribution in [3.05, 3.63) is 76.4 Å². The summed E-state index contributed by atoms with van der Waals surface area (Å²) in [6.45, 7) is 6.03. The number of aromatic nitrogens is 2. The summed E-state index contributed by atoms with van der Waals surface area (Å²) in [7, 11) is 0. The predicted octanol–water partition coefficient (Wildman–Crippen LogP) is 6.64. The zero-order valence-electron chi connectivity index (χ0n) is 17.9. The number of thiophene rings is 1. The lowest BCUT2D eigenvalue weighted by Crippen LogP contribution is -2.12. The number of nitrogens with one attached hydrogen (secondary N) is 1. The zero-order valence-corrected chi connectivity index (χ0v) is 18.7. The van der Waals surface area contributed by atoms with Crippen molar-refractivity contribution in [2.75, 3.05) is 5.32 Å². The monoisotopic (exact) mass is 443 g/mol. The molecule has 3 aromatic heterocycles.